The Balaban J connectivity index is 1.99. The first-order valence-corrected chi connectivity index (χ1v) is 9.79. The smallest absolute Gasteiger partial charge is 0.131 e. The Bertz CT molecular complexity index is 814. The number of aliphatic hydroxyl groups is 2. The lowest BCUT2D eigenvalue weighted by molar-refractivity contribution is 0.197. The molecule has 1 fully saturated rings. The molecule has 0 saturated heterocycles. The van der Waals surface area contributed by atoms with E-state index in [9.17, 15) is 10.2 Å². The van der Waals surface area contributed by atoms with Crippen LogP contribution in [0.15, 0.2) is 18.2 Å². The van der Waals surface area contributed by atoms with Crippen LogP contribution in [0.4, 0.5) is 0 Å². The first-order chi connectivity index (χ1) is 12.7. The number of aliphatic hydroxyl groups excluding tert-OH is 2. The molecule has 2 aliphatic carbocycles. The molecule has 2 bridgehead atoms. The van der Waals surface area contributed by atoms with Crippen LogP contribution in [0.25, 0.3) is 10.8 Å². The fraction of sp³-hybridized carbons (Fsp3) is 0.545. The van der Waals surface area contributed by atoms with E-state index in [0.29, 0.717) is 31.0 Å². The molecule has 0 spiro atoms. The van der Waals surface area contributed by atoms with Crippen molar-refractivity contribution in [3.8, 4) is 11.5 Å². The Hall–Kier alpha value is -1.78. The van der Waals surface area contributed by atoms with Gasteiger partial charge in [-0.2, -0.15) is 0 Å². The number of ether oxygens (including phenoxy) is 2. The first-order valence-electron chi connectivity index (χ1n) is 9.79. The second-order valence-electron chi connectivity index (χ2n) is 7.62. The fourth-order valence-electron chi connectivity index (χ4n) is 5.00. The van der Waals surface area contributed by atoms with E-state index >= 15 is 0 Å². The third kappa shape index (κ3) is 2.67. The largest absolute Gasteiger partial charge is 0.490 e. The summed E-state index contributed by atoms with van der Waals surface area (Å²) in [6.45, 7) is 5.10. The van der Waals surface area contributed by atoms with Gasteiger partial charge >= 0.3 is 0 Å². The quantitative estimate of drug-likeness (QED) is 0.793. The molecular formula is C22H28O4. The van der Waals surface area contributed by atoms with E-state index in [4.69, 9.17) is 9.47 Å². The van der Waals surface area contributed by atoms with E-state index in [1.807, 2.05) is 0 Å². The van der Waals surface area contributed by atoms with Gasteiger partial charge in [-0.1, -0.05) is 26.0 Å². The van der Waals surface area contributed by atoms with Crippen LogP contribution in [-0.2, 0) is 6.42 Å². The fourth-order valence-corrected chi connectivity index (χ4v) is 5.00. The summed E-state index contributed by atoms with van der Waals surface area (Å²) in [7, 11) is 0. The topological polar surface area (TPSA) is 58.9 Å². The lowest BCUT2D eigenvalue weighted by atomic mass is 9.81. The van der Waals surface area contributed by atoms with E-state index in [0.717, 1.165) is 35.1 Å². The van der Waals surface area contributed by atoms with Gasteiger partial charge < -0.3 is 19.7 Å². The number of rotatable bonds is 7. The molecule has 2 N–H and O–H groups in total. The van der Waals surface area contributed by atoms with E-state index in [-0.39, 0.29) is 13.2 Å². The summed E-state index contributed by atoms with van der Waals surface area (Å²) >= 11 is 0. The van der Waals surface area contributed by atoms with Crippen molar-refractivity contribution in [1.29, 1.82) is 0 Å². The molecule has 0 amide bonds. The zero-order chi connectivity index (χ0) is 18.3. The third-order valence-corrected chi connectivity index (χ3v) is 6.10. The van der Waals surface area contributed by atoms with Gasteiger partial charge in [-0.15, -0.1) is 0 Å². The molecule has 0 heterocycles. The highest BCUT2D eigenvalue weighted by Crippen LogP contribution is 2.63. The Labute approximate surface area is 154 Å². The number of fused-ring (bicyclic) bond motifs is 6. The Morgan fingerprint density at radius 2 is 1.65 bits per heavy atom. The molecule has 2 aromatic rings. The highest BCUT2D eigenvalue weighted by atomic mass is 16.5. The lowest BCUT2D eigenvalue weighted by Gasteiger charge is -2.28. The van der Waals surface area contributed by atoms with Crippen LogP contribution in [0.1, 0.15) is 55.2 Å². The summed E-state index contributed by atoms with van der Waals surface area (Å²) in [5.74, 6) is 3.51. The van der Waals surface area contributed by atoms with E-state index in [1.165, 1.54) is 23.1 Å². The van der Waals surface area contributed by atoms with Crippen LogP contribution in [-0.4, -0.2) is 36.6 Å². The Morgan fingerprint density at radius 3 is 2.31 bits per heavy atom. The Kier molecular flexibility index (Phi) is 4.80. The highest BCUT2D eigenvalue weighted by molar-refractivity contribution is 5.97. The van der Waals surface area contributed by atoms with Gasteiger partial charge in [0.25, 0.3) is 0 Å². The normalized spacial score (nSPS) is 23.5. The van der Waals surface area contributed by atoms with Crippen molar-refractivity contribution in [3.05, 3.63) is 34.9 Å². The molecule has 2 aromatic carbocycles. The summed E-state index contributed by atoms with van der Waals surface area (Å²) in [4.78, 5) is 0. The number of hydrogen-bond donors (Lipinski definition) is 2. The number of benzene rings is 2. The molecule has 0 radical (unpaired) electrons. The van der Waals surface area contributed by atoms with Gasteiger partial charge in [0.15, 0.2) is 0 Å². The average Bonchev–Trinajstić information content (AvgIpc) is 3.21. The van der Waals surface area contributed by atoms with Gasteiger partial charge in [0.2, 0.25) is 0 Å². The second-order valence-corrected chi connectivity index (χ2v) is 7.62. The van der Waals surface area contributed by atoms with E-state index < -0.39 is 0 Å². The monoisotopic (exact) mass is 356 g/mol. The Morgan fingerprint density at radius 1 is 0.962 bits per heavy atom. The predicted octanol–water partition coefficient (Wildman–Crippen LogP) is 3.76. The average molecular weight is 356 g/mol. The molecule has 4 rings (SSSR count). The molecule has 3 unspecified atom stereocenters. The van der Waals surface area contributed by atoms with Crippen molar-refractivity contribution < 1.29 is 19.7 Å². The molecule has 3 atom stereocenters. The zero-order valence-electron chi connectivity index (χ0n) is 15.6. The van der Waals surface area contributed by atoms with E-state index in [2.05, 4.69) is 32.0 Å². The maximum atomic E-state index is 9.32. The third-order valence-electron chi connectivity index (χ3n) is 6.10. The van der Waals surface area contributed by atoms with Gasteiger partial charge in [-0.05, 0) is 48.6 Å². The molecule has 0 aromatic heterocycles. The SMILES string of the molecule is CCc1ccc2c(OCCO)c3c(c(OCCO)c2c1)C1CC(C)C3C1. The minimum Gasteiger partial charge on any atom is -0.490 e. The maximum Gasteiger partial charge on any atom is 0.131 e. The minimum absolute atomic E-state index is 0.00965. The first kappa shape index (κ1) is 17.6. The van der Waals surface area contributed by atoms with Gasteiger partial charge in [-0.3, -0.25) is 0 Å². The highest BCUT2D eigenvalue weighted by Gasteiger charge is 2.46. The maximum absolute atomic E-state index is 9.32. The summed E-state index contributed by atoms with van der Waals surface area (Å²) in [5, 5.41) is 20.8. The standard InChI is InChI=1S/C22H28O4/c1-3-14-4-5-16-18(11-14)22(26-9-7-24)19-15-10-13(2)17(12-15)20(19)21(16)25-8-6-23/h4-5,11,13,15,17,23-24H,3,6-10,12H2,1-2H3. The van der Waals surface area contributed by atoms with Gasteiger partial charge in [-0.25, -0.2) is 0 Å². The molecule has 4 nitrogen and oxygen atoms in total. The van der Waals surface area contributed by atoms with Crippen LogP contribution < -0.4 is 9.47 Å². The molecule has 1 saturated carbocycles. The van der Waals surface area contributed by atoms with Crippen molar-refractivity contribution >= 4 is 10.8 Å². The summed E-state index contributed by atoms with van der Waals surface area (Å²) in [5.41, 5.74) is 3.83. The van der Waals surface area contributed by atoms with Crippen molar-refractivity contribution in [3.63, 3.8) is 0 Å². The molecule has 2 aliphatic rings. The van der Waals surface area contributed by atoms with Crippen LogP contribution >= 0.6 is 0 Å². The van der Waals surface area contributed by atoms with Crippen molar-refractivity contribution in [2.24, 2.45) is 5.92 Å². The van der Waals surface area contributed by atoms with Crippen LogP contribution in [0.2, 0.25) is 0 Å². The van der Waals surface area contributed by atoms with E-state index in [1.54, 1.807) is 0 Å². The second kappa shape index (κ2) is 7.09. The molecule has 0 aliphatic heterocycles. The van der Waals surface area contributed by atoms with Crippen molar-refractivity contribution in [1.82, 2.24) is 0 Å². The van der Waals surface area contributed by atoms with Crippen LogP contribution in [0.3, 0.4) is 0 Å². The predicted molar refractivity (Wildman–Crippen MR) is 102 cm³/mol. The molecule has 26 heavy (non-hydrogen) atoms. The molecule has 4 heteroatoms. The van der Waals surface area contributed by atoms with Crippen LogP contribution in [0.5, 0.6) is 11.5 Å². The van der Waals surface area contributed by atoms with Crippen molar-refractivity contribution in [2.75, 3.05) is 26.4 Å². The van der Waals surface area contributed by atoms with Gasteiger partial charge in [0.1, 0.15) is 24.7 Å². The van der Waals surface area contributed by atoms with Gasteiger partial charge in [0, 0.05) is 21.9 Å². The summed E-state index contributed by atoms with van der Waals surface area (Å²) in [6.07, 6.45) is 3.30. The zero-order valence-corrected chi connectivity index (χ0v) is 15.6. The molecular weight excluding hydrogens is 328 g/mol. The number of hydrogen-bond acceptors (Lipinski definition) is 4. The van der Waals surface area contributed by atoms with Crippen molar-refractivity contribution in [2.45, 2.75) is 44.9 Å². The number of aryl methyl sites for hydroxylation is 1. The lowest BCUT2D eigenvalue weighted by Crippen LogP contribution is -2.14. The molecule has 140 valence electrons. The summed E-state index contributed by atoms with van der Waals surface area (Å²) in [6, 6.07) is 6.47. The van der Waals surface area contributed by atoms with Crippen LogP contribution in [0, 0.1) is 5.92 Å². The summed E-state index contributed by atoms with van der Waals surface area (Å²) < 4.78 is 12.2. The minimum atomic E-state index is 0.00965. The van der Waals surface area contributed by atoms with Gasteiger partial charge in [0.05, 0.1) is 13.2 Å².